The number of rotatable bonds is 7. The maximum absolute atomic E-state index is 12.4. The Balaban J connectivity index is 1.31. The van der Waals surface area contributed by atoms with E-state index in [1.165, 1.54) is 17.7 Å². The van der Waals surface area contributed by atoms with Crippen molar-refractivity contribution in [3.8, 4) is 0 Å². The molecule has 0 aromatic carbocycles. The van der Waals surface area contributed by atoms with Crippen LogP contribution in [0.25, 0.3) is 0 Å². The second-order valence-corrected chi connectivity index (χ2v) is 8.54. The monoisotopic (exact) mass is 377 g/mol. The van der Waals surface area contributed by atoms with Crippen LogP contribution in [-0.2, 0) is 16.0 Å². The van der Waals surface area contributed by atoms with E-state index in [1.807, 2.05) is 11.0 Å². The molecule has 2 aliphatic heterocycles. The number of hydrogen-bond donors (Lipinski definition) is 2. The molecule has 0 bridgehead atoms. The number of thiophene rings is 1. The fraction of sp³-hybridized carbons (Fsp3) is 0.700. The van der Waals surface area contributed by atoms with Crippen LogP contribution in [0.4, 0.5) is 0 Å². The first-order valence-electron chi connectivity index (χ1n) is 10.0. The van der Waals surface area contributed by atoms with Gasteiger partial charge in [-0.05, 0) is 69.0 Å². The number of carbonyl (C=O) groups is 2. The van der Waals surface area contributed by atoms with Crippen LogP contribution < -0.4 is 10.6 Å². The van der Waals surface area contributed by atoms with Crippen molar-refractivity contribution < 1.29 is 9.59 Å². The van der Waals surface area contributed by atoms with Crippen LogP contribution in [0.15, 0.2) is 17.5 Å². The molecule has 0 unspecified atom stereocenters. The van der Waals surface area contributed by atoms with E-state index in [-0.39, 0.29) is 17.7 Å². The Kier molecular flexibility index (Phi) is 7.50. The predicted octanol–water partition coefficient (Wildman–Crippen LogP) is 2.43. The average molecular weight is 378 g/mol. The van der Waals surface area contributed by atoms with Gasteiger partial charge < -0.3 is 15.5 Å². The Morgan fingerprint density at radius 2 is 1.96 bits per heavy atom. The minimum atomic E-state index is 0.0619. The molecule has 0 radical (unpaired) electrons. The highest BCUT2D eigenvalue weighted by atomic mass is 32.1. The Labute approximate surface area is 160 Å². The van der Waals surface area contributed by atoms with Crippen molar-refractivity contribution in [2.45, 2.75) is 44.9 Å². The summed E-state index contributed by atoms with van der Waals surface area (Å²) < 4.78 is 0. The van der Waals surface area contributed by atoms with Crippen LogP contribution in [0, 0.1) is 11.8 Å². The smallest absolute Gasteiger partial charge is 0.223 e. The van der Waals surface area contributed by atoms with Crippen LogP contribution in [0.1, 0.15) is 43.4 Å². The first-order chi connectivity index (χ1) is 12.7. The van der Waals surface area contributed by atoms with E-state index >= 15 is 0 Å². The highest BCUT2D eigenvalue weighted by Crippen LogP contribution is 2.21. The topological polar surface area (TPSA) is 61.4 Å². The molecule has 3 rings (SSSR count). The fourth-order valence-corrected chi connectivity index (χ4v) is 4.66. The van der Waals surface area contributed by atoms with Gasteiger partial charge in [-0.2, -0.15) is 0 Å². The van der Waals surface area contributed by atoms with E-state index in [0.29, 0.717) is 18.9 Å². The van der Waals surface area contributed by atoms with Gasteiger partial charge in [-0.1, -0.05) is 6.07 Å². The third-order valence-electron chi connectivity index (χ3n) is 5.69. The molecule has 5 nitrogen and oxygen atoms in total. The number of likely N-dealkylation sites (tertiary alicyclic amines) is 1. The predicted molar refractivity (Wildman–Crippen MR) is 105 cm³/mol. The van der Waals surface area contributed by atoms with Gasteiger partial charge in [0.05, 0.1) is 0 Å². The lowest BCUT2D eigenvalue weighted by Gasteiger charge is -2.32. The van der Waals surface area contributed by atoms with E-state index in [4.69, 9.17) is 0 Å². The highest BCUT2D eigenvalue weighted by molar-refractivity contribution is 7.09. The highest BCUT2D eigenvalue weighted by Gasteiger charge is 2.27. The molecule has 2 N–H and O–H groups in total. The van der Waals surface area contributed by atoms with Gasteiger partial charge in [-0.25, -0.2) is 0 Å². The first-order valence-corrected chi connectivity index (χ1v) is 10.9. The number of carbonyl (C=O) groups excluding carboxylic acids is 2. The Morgan fingerprint density at radius 3 is 2.65 bits per heavy atom. The Hall–Kier alpha value is -1.40. The first kappa shape index (κ1) is 19.4. The number of hydrogen-bond acceptors (Lipinski definition) is 4. The van der Waals surface area contributed by atoms with Gasteiger partial charge in [0.1, 0.15) is 0 Å². The van der Waals surface area contributed by atoms with E-state index in [0.717, 1.165) is 51.9 Å². The van der Waals surface area contributed by atoms with Crippen molar-refractivity contribution in [2.24, 2.45) is 11.8 Å². The standard InChI is InChI=1S/C20H31N3O2S/c24-19(4-3-16-5-10-21-11-6-16)23-13-8-17(9-14-23)20(25)22-12-7-18-2-1-15-26-18/h1-2,15-17,21H,3-14H2,(H,22,25). The normalized spacial score (nSPS) is 19.5. The maximum atomic E-state index is 12.4. The lowest BCUT2D eigenvalue weighted by Crippen LogP contribution is -2.43. The zero-order chi connectivity index (χ0) is 18.2. The van der Waals surface area contributed by atoms with Crippen LogP contribution >= 0.6 is 11.3 Å². The molecule has 26 heavy (non-hydrogen) atoms. The number of amides is 2. The van der Waals surface area contributed by atoms with Gasteiger partial charge in [-0.3, -0.25) is 9.59 Å². The molecule has 2 saturated heterocycles. The molecule has 0 aliphatic carbocycles. The molecule has 2 aliphatic rings. The summed E-state index contributed by atoms with van der Waals surface area (Å²) in [4.78, 5) is 28.0. The summed E-state index contributed by atoms with van der Waals surface area (Å²) in [7, 11) is 0. The molecule has 6 heteroatoms. The van der Waals surface area contributed by atoms with E-state index in [2.05, 4.69) is 22.1 Å². The van der Waals surface area contributed by atoms with Crippen molar-refractivity contribution in [3.05, 3.63) is 22.4 Å². The fourth-order valence-electron chi connectivity index (χ4n) is 3.96. The average Bonchev–Trinajstić information content (AvgIpc) is 3.20. The van der Waals surface area contributed by atoms with Gasteiger partial charge in [0.2, 0.25) is 11.8 Å². The van der Waals surface area contributed by atoms with E-state index < -0.39 is 0 Å². The number of piperidine rings is 2. The second kappa shape index (κ2) is 10.1. The summed E-state index contributed by atoms with van der Waals surface area (Å²) in [6, 6.07) is 4.14. The quantitative estimate of drug-likeness (QED) is 0.767. The molecule has 1 aromatic rings. The van der Waals surface area contributed by atoms with E-state index in [9.17, 15) is 9.59 Å². The van der Waals surface area contributed by atoms with Gasteiger partial charge in [0.25, 0.3) is 0 Å². The molecular formula is C20H31N3O2S. The van der Waals surface area contributed by atoms with Gasteiger partial charge in [0, 0.05) is 36.9 Å². The van der Waals surface area contributed by atoms with Crippen molar-refractivity contribution in [3.63, 3.8) is 0 Å². The molecule has 0 spiro atoms. The van der Waals surface area contributed by atoms with Crippen LogP contribution in [-0.4, -0.2) is 49.4 Å². The number of nitrogens with one attached hydrogen (secondary N) is 2. The molecule has 3 heterocycles. The summed E-state index contributed by atoms with van der Waals surface area (Å²) in [5.41, 5.74) is 0. The van der Waals surface area contributed by atoms with E-state index in [1.54, 1.807) is 11.3 Å². The van der Waals surface area contributed by atoms with Crippen molar-refractivity contribution >= 4 is 23.2 Å². The summed E-state index contributed by atoms with van der Waals surface area (Å²) in [5.74, 6) is 1.20. The van der Waals surface area contributed by atoms with Crippen molar-refractivity contribution in [1.29, 1.82) is 0 Å². The molecular weight excluding hydrogens is 346 g/mol. The minimum Gasteiger partial charge on any atom is -0.355 e. The summed E-state index contributed by atoms with van der Waals surface area (Å²) in [5, 5.41) is 8.50. The minimum absolute atomic E-state index is 0.0619. The summed E-state index contributed by atoms with van der Waals surface area (Å²) in [6.45, 7) is 4.34. The van der Waals surface area contributed by atoms with Gasteiger partial charge in [0.15, 0.2) is 0 Å². The van der Waals surface area contributed by atoms with Crippen molar-refractivity contribution in [1.82, 2.24) is 15.5 Å². The zero-order valence-electron chi connectivity index (χ0n) is 15.5. The second-order valence-electron chi connectivity index (χ2n) is 7.51. The Morgan fingerprint density at radius 1 is 1.19 bits per heavy atom. The molecule has 1 aromatic heterocycles. The lowest BCUT2D eigenvalue weighted by atomic mass is 9.92. The molecule has 144 valence electrons. The summed E-state index contributed by atoms with van der Waals surface area (Å²) >= 11 is 1.73. The van der Waals surface area contributed by atoms with Gasteiger partial charge >= 0.3 is 0 Å². The third-order valence-corrected chi connectivity index (χ3v) is 6.63. The van der Waals surface area contributed by atoms with Crippen LogP contribution in [0.2, 0.25) is 0 Å². The summed E-state index contributed by atoms with van der Waals surface area (Å²) in [6.07, 6.45) is 6.57. The SMILES string of the molecule is O=C(NCCc1cccs1)C1CCN(C(=O)CCC2CCNCC2)CC1. The lowest BCUT2D eigenvalue weighted by molar-refractivity contribution is -0.135. The number of nitrogens with zero attached hydrogens (tertiary/aromatic N) is 1. The third kappa shape index (κ3) is 5.81. The molecule has 0 atom stereocenters. The zero-order valence-corrected chi connectivity index (χ0v) is 16.4. The Bertz CT molecular complexity index is 562. The largest absolute Gasteiger partial charge is 0.355 e. The van der Waals surface area contributed by atoms with Crippen LogP contribution in [0.3, 0.4) is 0 Å². The maximum Gasteiger partial charge on any atom is 0.223 e. The van der Waals surface area contributed by atoms with Crippen molar-refractivity contribution in [2.75, 3.05) is 32.7 Å². The molecule has 2 fully saturated rings. The molecule has 0 saturated carbocycles. The van der Waals surface area contributed by atoms with Gasteiger partial charge in [-0.15, -0.1) is 11.3 Å². The van der Waals surface area contributed by atoms with Crippen LogP contribution in [0.5, 0.6) is 0 Å². The molecule has 2 amide bonds.